The van der Waals surface area contributed by atoms with E-state index >= 15 is 0 Å². The Bertz CT molecular complexity index is 363. The first kappa shape index (κ1) is 13.4. The lowest BCUT2D eigenvalue weighted by Gasteiger charge is -2.08. The van der Waals surface area contributed by atoms with Crippen molar-refractivity contribution in [3.8, 4) is 0 Å². The van der Waals surface area contributed by atoms with Crippen LogP contribution in [0.1, 0.15) is 23.6 Å². The van der Waals surface area contributed by atoms with Crippen molar-refractivity contribution in [2.45, 2.75) is 27.3 Å². The van der Waals surface area contributed by atoms with Gasteiger partial charge in [0, 0.05) is 35.4 Å². The molecule has 1 rings (SSSR count). The zero-order chi connectivity index (χ0) is 12.0. The first-order chi connectivity index (χ1) is 7.63. The van der Waals surface area contributed by atoms with Gasteiger partial charge in [0.1, 0.15) is 0 Å². The predicted octanol–water partition coefficient (Wildman–Crippen LogP) is 2.16. The highest BCUT2D eigenvalue weighted by Crippen LogP contribution is 2.09. The summed E-state index contributed by atoms with van der Waals surface area (Å²) >= 11 is 0. The number of nitrogens with one attached hydrogen (secondary N) is 1. The Kier molecular flexibility index (Phi) is 5.71. The molecule has 0 fully saturated rings. The molecule has 1 atom stereocenters. The number of hydrogen-bond acceptors (Lipinski definition) is 2. The third-order valence-electron chi connectivity index (χ3n) is 2.65. The summed E-state index contributed by atoms with van der Waals surface area (Å²) in [5, 5.41) is 3.34. The highest BCUT2D eigenvalue weighted by molar-refractivity contribution is 7.84. The molecule has 0 aliphatic carbocycles. The van der Waals surface area contributed by atoms with Crippen LogP contribution in [-0.4, -0.2) is 22.3 Å². The number of aryl methyl sites for hydroxylation is 2. The topological polar surface area (TPSA) is 29.1 Å². The summed E-state index contributed by atoms with van der Waals surface area (Å²) in [4.78, 5) is 0. The Hall–Kier alpha value is -0.670. The quantitative estimate of drug-likeness (QED) is 0.771. The van der Waals surface area contributed by atoms with Gasteiger partial charge in [0.2, 0.25) is 0 Å². The van der Waals surface area contributed by atoms with Crippen molar-refractivity contribution < 1.29 is 4.21 Å². The van der Waals surface area contributed by atoms with Crippen LogP contribution in [0.4, 0.5) is 0 Å². The molecule has 0 heterocycles. The molecule has 0 aliphatic heterocycles. The summed E-state index contributed by atoms with van der Waals surface area (Å²) < 4.78 is 11.2. The van der Waals surface area contributed by atoms with E-state index in [1.807, 2.05) is 6.92 Å². The van der Waals surface area contributed by atoms with Gasteiger partial charge in [0.05, 0.1) is 0 Å². The Labute approximate surface area is 101 Å². The molecule has 3 heteroatoms. The summed E-state index contributed by atoms with van der Waals surface area (Å²) in [6.07, 6.45) is 0. The van der Waals surface area contributed by atoms with E-state index in [1.54, 1.807) is 0 Å². The second-order valence-electron chi connectivity index (χ2n) is 4.04. The van der Waals surface area contributed by atoms with Crippen LogP contribution < -0.4 is 5.32 Å². The fraction of sp³-hybridized carbons (Fsp3) is 0.538. The lowest BCUT2D eigenvalue weighted by atomic mass is 10.1. The second kappa shape index (κ2) is 6.81. The molecule has 1 unspecified atom stereocenters. The van der Waals surface area contributed by atoms with Crippen LogP contribution in [0, 0.1) is 13.8 Å². The summed E-state index contributed by atoms with van der Waals surface area (Å²) in [5.41, 5.74) is 3.94. The largest absolute Gasteiger partial charge is 0.312 e. The second-order valence-corrected chi connectivity index (χ2v) is 5.90. The first-order valence-corrected chi connectivity index (χ1v) is 7.24. The van der Waals surface area contributed by atoms with Crippen molar-refractivity contribution in [3.05, 3.63) is 34.9 Å². The molecule has 1 aromatic rings. The van der Waals surface area contributed by atoms with Gasteiger partial charge in [-0.2, -0.15) is 0 Å². The molecule has 0 saturated carbocycles. The smallest absolute Gasteiger partial charge is 0.0360 e. The van der Waals surface area contributed by atoms with Crippen molar-refractivity contribution in [1.82, 2.24) is 5.32 Å². The molecule has 0 radical (unpaired) electrons. The van der Waals surface area contributed by atoms with Gasteiger partial charge in [0.15, 0.2) is 0 Å². The van der Waals surface area contributed by atoms with Crippen LogP contribution in [-0.2, 0) is 17.3 Å². The molecule has 0 amide bonds. The summed E-state index contributed by atoms with van der Waals surface area (Å²) in [5.74, 6) is 1.51. The molecule has 16 heavy (non-hydrogen) atoms. The average Bonchev–Trinajstić information content (AvgIpc) is 2.28. The number of benzene rings is 1. The lowest BCUT2D eigenvalue weighted by Crippen LogP contribution is -2.21. The molecule has 1 aromatic carbocycles. The minimum absolute atomic E-state index is 0.657. The van der Waals surface area contributed by atoms with Crippen LogP contribution in [0.5, 0.6) is 0 Å². The van der Waals surface area contributed by atoms with Crippen molar-refractivity contribution in [1.29, 1.82) is 0 Å². The average molecular weight is 239 g/mol. The third-order valence-corrected chi connectivity index (χ3v) is 3.95. The highest BCUT2D eigenvalue weighted by Gasteiger charge is 1.99. The van der Waals surface area contributed by atoms with Crippen LogP contribution in [0.15, 0.2) is 18.2 Å². The first-order valence-electron chi connectivity index (χ1n) is 5.75. The van der Waals surface area contributed by atoms with E-state index in [4.69, 9.17) is 0 Å². The zero-order valence-corrected chi connectivity index (χ0v) is 11.2. The molecule has 1 N–H and O–H groups in total. The monoisotopic (exact) mass is 239 g/mol. The van der Waals surface area contributed by atoms with E-state index in [0.717, 1.165) is 24.6 Å². The maximum atomic E-state index is 11.2. The Morgan fingerprint density at radius 1 is 1.31 bits per heavy atom. The molecular weight excluding hydrogens is 218 g/mol. The van der Waals surface area contributed by atoms with Crippen LogP contribution >= 0.6 is 0 Å². The maximum Gasteiger partial charge on any atom is 0.0360 e. The Balaban J connectivity index is 2.37. The van der Waals surface area contributed by atoms with Gasteiger partial charge in [-0.15, -0.1) is 0 Å². The van der Waals surface area contributed by atoms with Gasteiger partial charge in [-0.1, -0.05) is 30.7 Å². The van der Waals surface area contributed by atoms with Gasteiger partial charge < -0.3 is 5.32 Å². The van der Waals surface area contributed by atoms with E-state index in [-0.39, 0.29) is 0 Å². The predicted molar refractivity (Wildman–Crippen MR) is 71.2 cm³/mol. The molecular formula is C13H21NOS. The summed E-state index contributed by atoms with van der Waals surface area (Å²) in [7, 11) is -0.657. The number of rotatable bonds is 6. The van der Waals surface area contributed by atoms with E-state index in [9.17, 15) is 4.21 Å². The fourth-order valence-electron chi connectivity index (χ4n) is 1.54. The van der Waals surface area contributed by atoms with Gasteiger partial charge in [-0.25, -0.2) is 0 Å². The number of hydrogen-bond donors (Lipinski definition) is 1. The van der Waals surface area contributed by atoms with E-state index in [1.165, 1.54) is 16.7 Å². The van der Waals surface area contributed by atoms with E-state index < -0.39 is 10.8 Å². The van der Waals surface area contributed by atoms with Crippen LogP contribution in [0.2, 0.25) is 0 Å². The normalized spacial score (nSPS) is 12.7. The Morgan fingerprint density at radius 3 is 2.75 bits per heavy atom. The standard InChI is InChI=1S/C13H21NOS/c1-4-16(15)8-7-14-10-13-9-11(2)5-6-12(13)3/h5-6,9,14H,4,7-8,10H2,1-3H3. The molecule has 90 valence electrons. The lowest BCUT2D eigenvalue weighted by molar-refractivity contribution is 0.673. The fourth-order valence-corrected chi connectivity index (χ4v) is 2.20. The molecule has 0 aliphatic rings. The van der Waals surface area contributed by atoms with Crippen LogP contribution in [0.25, 0.3) is 0 Å². The summed E-state index contributed by atoms with van der Waals surface area (Å²) in [6, 6.07) is 6.49. The van der Waals surface area contributed by atoms with Gasteiger partial charge in [-0.3, -0.25) is 4.21 Å². The molecule has 0 bridgehead atoms. The molecule has 0 spiro atoms. The van der Waals surface area contributed by atoms with Gasteiger partial charge in [0.25, 0.3) is 0 Å². The van der Waals surface area contributed by atoms with Crippen molar-refractivity contribution in [3.63, 3.8) is 0 Å². The third kappa shape index (κ3) is 4.45. The van der Waals surface area contributed by atoms with Gasteiger partial charge in [-0.05, 0) is 25.0 Å². The minimum atomic E-state index is -0.657. The van der Waals surface area contributed by atoms with Crippen LogP contribution in [0.3, 0.4) is 0 Å². The van der Waals surface area contributed by atoms with Crippen molar-refractivity contribution in [2.75, 3.05) is 18.1 Å². The van der Waals surface area contributed by atoms with Crippen molar-refractivity contribution in [2.24, 2.45) is 0 Å². The molecule has 2 nitrogen and oxygen atoms in total. The molecule has 0 aromatic heterocycles. The SMILES string of the molecule is CCS(=O)CCNCc1cc(C)ccc1C. The van der Waals surface area contributed by atoms with Crippen molar-refractivity contribution >= 4 is 10.8 Å². The highest BCUT2D eigenvalue weighted by atomic mass is 32.2. The Morgan fingerprint density at radius 2 is 2.06 bits per heavy atom. The molecule has 0 saturated heterocycles. The van der Waals surface area contributed by atoms with E-state index in [2.05, 4.69) is 37.4 Å². The summed E-state index contributed by atoms with van der Waals surface area (Å²) in [6.45, 7) is 7.89. The van der Waals surface area contributed by atoms with E-state index in [0.29, 0.717) is 0 Å². The van der Waals surface area contributed by atoms with Gasteiger partial charge >= 0.3 is 0 Å². The maximum absolute atomic E-state index is 11.2. The zero-order valence-electron chi connectivity index (χ0n) is 10.4. The minimum Gasteiger partial charge on any atom is -0.312 e.